The van der Waals surface area contributed by atoms with Gasteiger partial charge in [0.15, 0.2) is 10.5 Å². The predicted molar refractivity (Wildman–Crippen MR) is 219 cm³/mol. The van der Waals surface area contributed by atoms with Crippen molar-refractivity contribution in [2.45, 2.75) is 11.8 Å². The molecule has 58 heavy (non-hydrogen) atoms. The fourth-order valence-electron chi connectivity index (χ4n) is 8.03. The number of nitro benzene ring substituents is 2. The number of benzene rings is 5. The van der Waals surface area contributed by atoms with Gasteiger partial charge in [0.1, 0.15) is 11.5 Å². The number of methoxy groups -OCH3 is 2. The van der Waals surface area contributed by atoms with Gasteiger partial charge in [0.25, 0.3) is 11.4 Å². The van der Waals surface area contributed by atoms with Crippen molar-refractivity contribution >= 4 is 52.2 Å². The van der Waals surface area contributed by atoms with Crippen LogP contribution in [0.2, 0.25) is 0 Å². The molecule has 2 unspecified atom stereocenters. The van der Waals surface area contributed by atoms with Crippen LogP contribution in [-0.2, 0) is 9.59 Å². The van der Waals surface area contributed by atoms with E-state index >= 15 is 9.59 Å². The Morgan fingerprint density at radius 3 is 1.71 bits per heavy atom. The lowest BCUT2D eigenvalue weighted by Crippen LogP contribution is -2.67. The number of allylic oxidation sites excluding steroid dienone is 1. The Morgan fingerprint density at radius 1 is 0.707 bits per heavy atom. The average Bonchev–Trinajstić information content (AvgIpc) is 3.64. The highest BCUT2D eigenvalue weighted by molar-refractivity contribution is 7.80. The smallest absolute Gasteiger partial charge is 0.269 e. The third-order valence-corrected chi connectivity index (χ3v) is 10.8. The van der Waals surface area contributed by atoms with E-state index in [1.54, 1.807) is 83.6 Å². The number of aromatic nitrogens is 2. The van der Waals surface area contributed by atoms with Crippen LogP contribution in [0.1, 0.15) is 39.8 Å². The highest BCUT2D eigenvalue weighted by Crippen LogP contribution is 2.63. The summed E-state index contributed by atoms with van der Waals surface area (Å²) in [6, 6.07) is 35.2. The van der Waals surface area contributed by atoms with E-state index in [1.165, 1.54) is 38.5 Å². The van der Waals surface area contributed by atoms with Crippen LogP contribution in [0.3, 0.4) is 0 Å². The highest BCUT2D eigenvalue weighted by Gasteiger charge is 2.65. The van der Waals surface area contributed by atoms with Crippen LogP contribution in [0.15, 0.2) is 127 Å². The molecule has 8 rings (SSSR count). The fraction of sp³-hybridized carbons (Fsp3) is 0.116. The molecule has 2 heterocycles. The first kappa shape index (κ1) is 37.4. The zero-order valence-electron chi connectivity index (χ0n) is 30.8. The number of carbonyl (C=O) groups excluding carboxylic acids is 2. The molecule has 2 amide bonds. The normalized spacial score (nSPS) is 17.6. The van der Waals surface area contributed by atoms with Crippen LogP contribution < -0.4 is 20.1 Å². The minimum atomic E-state index is -2.02. The summed E-state index contributed by atoms with van der Waals surface area (Å²) in [6.45, 7) is 0. The van der Waals surface area contributed by atoms with E-state index in [4.69, 9.17) is 26.8 Å². The number of carbonyl (C=O) groups is 2. The van der Waals surface area contributed by atoms with Crippen molar-refractivity contribution in [3.63, 3.8) is 0 Å². The third kappa shape index (κ3) is 6.23. The van der Waals surface area contributed by atoms with Gasteiger partial charge in [-0.05, 0) is 101 Å². The minimum Gasteiger partial charge on any atom is -0.497 e. The van der Waals surface area contributed by atoms with Gasteiger partial charge in [0, 0.05) is 47.2 Å². The molecule has 2 N–H and O–H groups in total. The lowest BCUT2D eigenvalue weighted by atomic mass is 9.52. The Hall–Kier alpha value is -7.52. The first-order chi connectivity index (χ1) is 28.0. The second-order valence-electron chi connectivity index (χ2n) is 13.6. The second kappa shape index (κ2) is 14.9. The summed E-state index contributed by atoms with van der Waals surface area (Å²) in [5.41, 5.74) is 2.30. The van der Waals surface area contributed by atoms with Crippen LogP contribution in [0, 0.1) is 25.6 Å². The van der Waals surface area contributed by atoms with Crippen LogP contribution in [0.5, 0.6) is 11.5 Å². The number of para-hydroxylation sites is 1. The molecule has 0 radical (unpaired) electrons. The summed E-state index contributed by atoms with van der Waals surface area (Å²) in [5.74, 6) is -2.43. The number of thiocarbonyl (C=S) groups is 1. The second-order valence-corrected chi connectivity index (χ2v) is 14.0. The van der Waals surface area contributed by atoms with Gasteiger partial charge in [0.2, 0.25) is 11.8 Å². The predicted octanol–water partition coefficient (Wildman–Crippen LogP) is 7.36. The molecule has 0 saturated carbocycles. The Bertz CT molecular complexity index is 2620. The lowest BCUT2D eigenvalue weighted by molar-refractivity contribution is -0.385. The van der Waals surface area contributed by atoms with Gasteiger partial charge in [0.05, 0.1) is 41.1 Å². The maximum atomic E-state index is 15.3. The molecule has 6 aromatic rings. The van der Waals surface area contributed by atoms with Crippen LogP contribution in [0.4, 0.5) is 11.4 Å². The summed E-state index contributed by atoms with van der Waals surface area (Å²) >= 11 is 5.40. The molecule has 288 valence electrons. The van der Waals surface area contributed by atoms with Crippen molar-refractivity contribution in [1.29, 1.82) is 0 Å². The van der Waals surface area contributed by atoms with Gasteiger partial charge in [-0.1, -0.05) is 42.5 Å². The number of amides is 2. The molecule has 15 heteroatoms. The molecule has 2 atom stereocenters. The van der Waals surface area contributed by atoms with Crippen LogP contribution in [0.25, 0.3) is 28.6 Å². The number of nitro groups is 2. The number of hydrogen-bond donors (Lipinski definition) is 2. The van der Waals surface area contributed by atoms with Gasteiger partial charge in [-0.2, -0.15) is 5.10 Å². The van der Waals surface area contributed by atoms with Gasteiger partial charge >= 0.3 is 0 Å². The van der Waals surface area contributed by atoms with Gasteiger partial charge in [-0.15, -0.1) is 0 Å². The molecule has 1 fully saturated rings. The number of hydrogen-bond acceptors (Lipinski definition) is 10. The van der Waals surface area contributed by atoms with E-state index in [2.05, 4.69) is 10.6 Å². The third-order valence-electron chi connectivity index (χ3n) is 10.6. The Labute approximate surface area is 336 Å². The van der Waals surface area contributed by atoms with Crippen molar-refractivity contribution in [3.05, 3.63) is 176 Å². The number of ether oxygens (including phenoxy) is 2. The molecule has 0 bridgehead atoms. The molecule has 1 aliphatic carbocycles. The molecule has 1 aliphatic heterocycles. The first-order valence-electron chi connectivity index (χ1n) is 17.9. The highest BCUT2D eigenvalue weighted by atomic mass is 32.1. The fourth-order valence-corrected chi connectivity index (χ4v) is 8.21. The molecule has 2 aliphatic rings. The maximum Gasteiger partial charge on any atom is 0.269 e. The molecule has 1 saturated heterocycles. The quantitative estimate of drug-likeness (QED) is 0.0650. The van der Waals surface area contributed by atoms with Crippen LogP contribution >= 0.6 is 12.2 Å². The van der Waals surface area contributed by atoms with E-state index in [0.29, 0.717) is 62.0 Å². The molecule has 14 nitrogen and oxygen atoms in total. The summed E-state index contributed by atoms with van der Waals surface area (Å²) in [4.78, 5) is 53.0. The van der Waals surface area contributed by atoms with Gasteiger partial charge < -0.3 is 20.1 Å². The SMILES string of the molecule is COc1ccc(C2/C(=C/c3ccc([N+](=O)[O-])cc3)c3nn(-c4ccccc4)c(-c4ccc([N+](=O)[O-])cc4)c3C(c3ccc(OC)cc3)C23C(=O)NC(=S)NC3=O)cc1. The molecule has 5 aromatic carbocycles. The van der Waals surface area contributed by atoms with Gasteiger partial charge in [-0.3, -0.25) is 29.8 Å². The molecular weight excluding hydrogens is 761 g/mol. The number of fused-ring (bicyclic) bond motifs is 1. The van der Waals surface area contributed by atoms with Crippen molar-refractivity contribution in [3.8, 4) is 28.4 Å². The van der Waals surface area contributed by atoms with E-state index in [-0.39, 0.29) is 16.5 Å². The Morgan fingerprint density at radius 2 is 1.21 bits per heavy atom. The van der Waals surface area contributed by atoms with E-state index in [1.807, 2.05) is 30.3 Å². The molecule has 1 spiro atoms. The lowest BCUT2D eigenvalue weighted by Gasteiger charge is -2.49. The van der Waals surface area contributed by atoms with E-state index in [0.717, 1.165) is 0 Å². The molecule has 1 aromatic heterocycles. The summed E-state index contributed by atoms with van der Waals surface area (Å²) < 4.78 is 12.7. The number of nitrogens with one attached hydrogen (secondary N) is 2. The number of rotatable bonds is 9. The summed E-state index contributed by atoms with van der Waals surface area (Å²) in [7, 11) is 3.06. The Kier molecular flexibility index (Phi) is 9.58. The standard InChI is InChI=1S/C43H32N6O8S/c1-56-32-20-12-26(13-21-32)36-34(24-25-8-16-30(17-9-25)48(52)53)38-35(37(27-14-22-33(57-2)23-15-27)43(36)40(50)44-42(58)45-41(43)51)39(28-10-18-31(19-11-28)49(54)55)47(46-38)29-6-4-3-5-7-29/h3-24,36-37H,1-2H3,(H2,44,45,50,51,58)/b34-24-. The maximum absolute atomic E-state index is 15.3. The summed E-state index contributed by atoms with van der Waals surface area (Å²) in [6.07, 6.45) is 1.78. The first-order valence-corrected chi connectivity index (χ1v) is 18.3. The van der Waals surface area contributed by atoms with Crippen molar-refractivity contribution in [2.24, 2.45) is 5.41 Å². The Balaban J connectivity index is 1.57. The van der Waals surface area contributed by atoms with Crippen LogP contribution in [-0.4, -0.2) is 50.8 Å². The topological polar surface area (TPSA) is 181 Å². The largest absolute Gasteiger partial charge is 0.497 e. The van der Waals surface area contributed by atoms with Crippen molar-refractivity contribution < 1.29 is 28.9 Å². The van der Waals surface area contributed by atoms with E-state index in [9.17, 15) is 20.2 Å². The zero-order valence-corrected chi connectivity index (χ0v) is 31.6. The minimum absolute atomic E-state index is 0.123. The van der Waals surface area contributed by atoms with Gasteiger partial charge in [-0.25, -0.2) is 4.68 Å². The van der Waals surface area contributed by atoms with E-state index < -0.39 is 38.9 Å². The average molecular weight is 793 g/mol. The zero-order chi connectivity index (χ0) is 40.7. The molecular formula is C43H32N6O8S. The summed E-state index contributed by atoms with van der Waals surface area (Å²) in [5, 5.41) is 34.2. The van der Waals surface area contributed by atoms with Crippen molar-refractivity contribution in [1.82, 2.24) is 20.4 Å². The van der Waals surface area contributed by atoms with Crippen molar-refractivity contribution in [2.75, 3.05) is 14.2 Å². The number of non-ortho nitro benzene ring substituents is 2. The monoisotopic (exact) mass is 792 g/mol. The number of nitrogens with zero attached hydrogens (tertiary/aromatic N) is 4.